The van der Waals surface area contributed by atoms with E-state index >= 15 is 0 Å². The average Bonchev–Trinajstić information content (AvgIpc) is 2.18. The van der Waals surface area contributed by atoms with E-state index in [1.807, 2.05) is 13.8 Å². The molecule has 0 fully saturated rings. The first kappa shape index (κ1) is 11.4. The molecule has 2 N–H and O–H groups in total. The molecule has 0 radical (unpaired) electrons. The summed E-state index contributed by atoms with van der Waals surface area (Å²) in [5.41, 5.74) is 0. The Morgan fingerprint density at radius 1 is 1.47 bits per heavy atom. The smallest absolute Gasteiger partial charge is 0.325 e. The van der Waals surface area contributed by atoms with E-state index < -0.39 is 12.0 Å². The summed E-state index contributed by atoms with van der Waals surface area (Å²) in [6.07, 6.45) is 1.62. The fraction of sp³-hybridized carbons (Fsp3) is 0.500. The molecule has 0 aliphatic rings. The van der Waals surface area contributed by atoms with E-state index in [1.54, 1.807) is 19.2 Å². The number of aromatic nitrogens is 2. The Morgan fingerprint density at radius 3 is 2.67 bits per heavy atom. The summed E-state index contributed by atoms with van der Waals surface area (Å²) in [7, 11) is 0. The van der Waals surface area contributed by atoms with Crippen LogP contribution in [0, 0.1) is 0 Å². The number of anilines is 1. The third-order valence-electron chi connectivity index (χ3n) is 1.93. The van der Waals surface area contributed by atoms with Crippen LogP contribution in [0.15, 0.2) is 12.3 Å². The number of nitrogens with one attached hydrogen (secondary N) is 1. The first-order valence-corrected chi connectivity index (χ1v) is 4.83. The summed E-state index contributed by atoms with van der Waals surface area (Å²) < 4.78 is 0. The molecule has 0 aliphatic carbocycles. The lowest BCUT2D eigenvalue weighted by atomic mass is 10.2. The zero-order valence-electron chi connectivity index (χ0n) is 9.06. The Labute approximate surface area is 88.6 Å². The van der Waals surface area contributed by atoms with Crippen molar-refractivity contribution in [3.8, 4) is 0 Å². The second-order valence-electron chi connectivity index (χ2n) is 3.66. The van der Waals surface area contributed by atoms with Gasteiger partial charge in [-0.2, -0.15) is 0 Å². The van der Waals surface area contributed by atoms with E-state index in [2.05, 4.69) is 15.3 Å². The highest BCUT2D eigenvalue weighted by Gasteiger charge is 2.11. The minimum absolute atomic E-state index is 0.229. The number of aliphatic carboxylic acids is 1. The maximum Gasteiger partial charge on any atom is 0.325 e. The molecule has 5 heteroatoms. The third kappa shape index (κ3) is 3.19. The Hall–Kier alpha value is -1.65. The number of carbonyl (C=O) groups is 1. The van der Waals surface area contributed by atoms with Crippen molar-refractivity contribution in [1.82, 2.24) is 9.97 Å². The van der Waals surface area contributed by atoms with Gasteiger partial charge in [0.1, 0.15) is 17.7 Å². The fourth-order valence-electron chi connectivity index (χ4n) is 1.02. The Kier molecular flexibility index (Phi) is 3.60. The minimum Gasteiger partial charge on any atom is -0.480 e. The Balaban J connectivity index is 2.78. The summed E-state index contributed by atoms with van der Waals surface area (Å²) in [6, 6.07) is 1.01. The first-order valence-electron chi connectivity index (χ1n) is 4.83. The quantitative estimate of drug-likeness (QED) is 0.785. The maximum absolute atomic E-state index is 10.6. The van der Waals surface area contributed by atoms with Crippen molar-refractivity contribution < 1.29 is 9.90 Å². The molecule has 0 aliphatic heterocycles. The number of hydrogen-bond acceptors (Lipinski definition) is 4. The summed E-state index contributed by atoms with van der Waals surface area (Å²) in [5, 5.41) is 11.5. The molecule has 0 aromatic carbocycles. The molecule has 5 nitrogen and oxygen atoms in total. The van der Waals surface area contributed by atoms with Crippen molar-refractivity contribution in [3.05, 3.63) is 18.1 Å². The highest BCUT2D eigenvalue weighted by Crippen LogP contribution is 2.11. The van der Waals surface area contributed by atoms with E-state index in [0.29, 0.717) is 11.6 Å². The van der Waals surface area contributed by atoms with Crippen LogP contribution in [0.2, 0.25) is 0 Å². The van der Waals surface area contributed by atoms with Gasteiger partial charge < -0.3 is 10.4 Å². The second-order valence-corrected chi connectivity index (χ2v) is 3.66. The molecule has 1 aromatic rings. The zero-order valence-corrected chi connectivity index (χ0v) is 9.06. The lowest BCUT2D eigenvalue weighted by molar-refractivity contribution is -0.137. The molecular formula is C10H15N3O2. The van der Waals surface area contributed by atoms with Crippen LogP contribution in [0.1, 0.15) is 32.5 Å². The van der Waals surface area contributed by atoms with Gasteiger partial charge in [-0.3, -0.25) is 4.79 Å². The summed E-state index contributed by atoms with van der Waals surface area (Å²) in [6.45, 7) is 5.54. The maximum atomic E-state index is 10.6. The molecule has 82 valence electrons. The molecule has 0 saturated heterocycles. The van der Waals surface area contributed by atoms with Gasteiger partial charge in [-0.15, -0.1) is 0 Å². The fourth-order valence-corrected chi connectivity index (χ4v) is 1.02. The van der Waals surface area contributed by atoms with Gasteiger partial charge in [-0.25, -0.2) is 9.97 Å². The van der Waals surface area contributed by atoms with E-state index in [0.717, 1.165) is 0 Å². The van der Waals surface area contributed by atoms with Crippen LogP contribution >= 0.6 is 0 Å². The molecule has 0 bridgehead atoms. The van der Waals surface area contributed by atoms with Gasteiger partial charge in [-0.1, -0.05) is 13.8 Å². The first-order chi connectivity index (χ1) is 7.00. The Morgan fingerprint density at radius 2 is 2.13 bits per heavy atom. The van der Waals surface area contributed by atoms with E-state index in [9.17, 15) is 4.79 Å². The summed E-state index contributed by atoms with van der Waals surface area (Å²) in [4.78, 5) is 18.9. The number of hydrogen-bond donors (Lipinski definition) is 2. The van der Waals surface area contributed by atoms with Gasteiger partial charge >= 0.3 is 5.97 Å². The average molecular weight is 209 g/mol. The van der Waals surface area contributed by atoms with E-state index in [1.165, 1.54) is 0 Å². The molecule has 1 rings (SSSR count). The SMILES string of the molecule is CC(C)c1nccc(N[C@@H](C)C(=O)O)n1. The largest absolute Gasteiger partial charge is 0.480 e. The molecule has 15 heavy (non-hydrogen) atoms. The normalized spacial score (nSPS) is 12.5. The van der Waals surface area contributed by atoms with Crippen molar-refractivity contribution in [1.29, 1.82) is 0 Å². The van der Waals surface area contributed by atoms with Crippen LogP contribution < -0.4 is 5.32 Å². The van der Waals surface area contributed by atoms with Gasteiger partial charge in [-0.05, 0) is 13.0 Å². The standard InChI is InChI=1S/C10H15N3O2/c1-6(2)9-11-5-4-8(13-9)12-7(3)10(14)15/h4-7H,1-3H3,(H,14,15)(H,11,12,13)/t7-/m0/s1. The summed E-state index contributed by atoms with van der Waals surface area (Å²) in [5.74, 6) is 0.577. The number of carboxylic acid groups (broad SMARTS) is 1. The van der Waals surface area contributed by atoms with Crippen molar-refractivity contribution in [2.45, 2.75) is 32.7 Å². The molecule has 0 saturated carbocycles. The van der Waals surface area contributed by atoms with Crippen LogP contribution in [0.3, 0.4) is 0 Å². The topological polar surface area (TPSA) is 75.1 Å². The molecule has 0 spiro atoms. The van der Waals surface area contributed by atoms with Gasteiger partial charge in [0.05, 0.1) is 0 Å². The van der Waals surface area contributed by atoms with Crippen LogP contribution in [0.25, 0.3) is 0 Å². The molecule has 0 unspecified atom stereocenters. The van der Waals surface area contributed by atoms with E-state index in [-0.39, 0.29) is 5.92 Å². The van der Waals surface area contributed by atoms with Gasteiger partial charge in [0.25, 0.3) is 0 Å². The lowest BCUT2D eigenvalue weighted by Crippen LogP contribution is -2.26. The van der Waals surface area contributed by atoms with Crippen LogP contribution in [-0.4, -0.2) is 27.1 Å². The van der Waals surface area contributed by atoms with Crippen molar-refractivity contribution >= 4 is 11.8 Å². The van der Waals surface area contributed by atoms with Crippen molar-refractivity contribution in [2.75, 3.05) is 5.32 Å². The number of nitrogens with zero attached hydrogens (tertiary/aromatic N) is 2. The minimum atomic E-state index is -0.903. The predicted octanol–water partition coefficient (Wildman–Crippen LogP) is 1.48. The Bertz CT molecular complexity index is 352. The molecule has 1 aromatic heterocycles. The highest BCUT2D eigenvalue weighted by molar-refractivity contribution is 5.76. The number of carboxylic acids is 1. The lowest BCUT2D eigenvalue weighted by Gasteiger charge is -2.11. The zero-order chi connectivity index (χ0) is 11.4. The van der Waals surface area contributed by atoms with Crippen LogP contribution in [-0.2, 0) is 4.79 Å². The summed E-state index contributed by atoms with van der Waals surface area (Å²) >= 11 is 0. The van der Waals surface area contributed by atoms with Gasteiger partial charge in [0.2, 0.25) is 0 Å². The van der Waals surface area contributed by atoms with Crippen molar-refractivity contribution in [3.63, 3.8) is 0 Å². The monoisotopic (exact) mass is 209 g/mol. The van der Waals surface area contributed by atoms with Crippen LogP contribution in [0.4, 0.5) is 5.82 Å². The van der Waals surface area contributed by atoms with Gasteiger partial charge in [0.15, 0.2) is 0 Å². The molecule has 1 heterocycles. The van der Waals surface area contributed by atoms with Crippen molar-refractivity contribution in [2.24, 2.45) is 0 Å². The van der Waals surface area contributed by atoms with Crippen LogP contribution in [0.5, 0.6) is 0 Å². The van der Waals surface area contributed by atoms with Gasteiger partial charge in [0, 0.05) is 12.1 Å². The molecular weight excluding hydrogens is 194 g/mol. The highest BCUT2D eigenvalue weighted by atomic mass is 16.4. The predicted molar refractivity (Wildman–Crippen MR) is 56.8 cm³/mol. The molecule has 1 atom stereocenters. The second kappa shape index (κ2) is 4.72. The molecule has 0 amide bonds. The van der Waals surface area contributed by atoms with E-state index in [4.69, 9.17) is 5.11 Å². The number of rotatable bonds is 4. The third-order valence-corrected chi connectivity index (χ3v) is 1.93.